The van der Waals surface area contributed by atoms with E-state index in [-0.39, 0.29) is 5.91 Å². The highest BCUT2D eigenvalue weighted by Gasteiger charge is 2.16. The number of carbonyl (C=O) groups excluding carboxylic acids is 1. The number of benzene rings is 2. The van der Waals surface area contributed by atoms with Crippen molar-refractivity contribution in [1.29, 1.82) is 0 Å². The highest BCUT2D eigenvalue weighted by molar-refractivity contribution is 7.18. The Labute approximate surface area is 161 Å². The minimum absolute atomic E-state index is 0.106. The van der Waals surface area contributed by atoms with E-state index in [9.17, 15) is 4.79 Å². The molecule has 2 aromatic heterocycles. The van der Waals surface area contributed by atoms with Gasteiger partial charge in [0.05, 0.1) is 40.8 Å². The first kappa shape index (κ1) is 17.4. The summed E-state index contributed by atoms with van der Waals surface area (Å²) < 4.78 is 3.04. The largest absolute Gasteiger partial charge is 0.345 e. The molecule has 0 unspecified atom stereocenters. The predicted octanol–water partition coefficient (Wildman–Crippen LogP) is 4.03. The molecule has 2 heterocycles. The summed E-state index contributed by atoms with van der Waals surface area (Å²) in [4.78, 5) is 17.3. The molecule has 2 aromatic carbocycles. The molecule has 0 radical (unpaired) electrons. The van der Waals surface area contributed by atoms with Gasteiger partial charge < -0.3 is 5.32 Å². The first-order valence-corrected chi connectivity index (χ1v) is 9.77. The van der Waals surface area contributed by atoms with Crippen molar-refractivity contribution in [2.45, 2.75) is 26.4 Å². The van der Waals surface area contributed by atoms with E-state index in [1.165, 1.54) is 0 Å². The lowest BCUT2D eigenvalue weighted by Crippen LogP contribution is -2.23. The molecular formula is C21H20N4OS. The van der Waals surface area contributed by atoms with Crippen molar-refractivity contribution in [3.05, 3.63) is 82.6 Å². The molecule has 4 rings (SSSR count). The van der Waals surface area contributed by atoms with Crippen LogP contribution in [0, 0.1) is 0 Å². The van der Waals surface area contributed by atoms with Gasteiger partial charge in [0.2, 0.25) is 0 Å². The number of hydrogen-bond acceptors (Lipinski definition) is 4. The minimum Gasteiger partial charge on any atom is -0.345 e. The maximum absolute atomic E-state index is 12.7. The molecule has 6 heteroatoms. The van der Waals surface area contributed by atoms with Crippen molar-refractivity contribution in [2.24, 2.45) is 0 Å². The Morgan fingerprint density at radius 2 is 1.89 bits per heavy atom. The number of carbonyl (C=O) groups is 1. The van der Waals surface area contributed by atoms with E-state index in [1.54, 1.807) is 17.5 Å². The molecule has 4 aromatic rings. The van der Waals surface area contributed by atoms with Gasteiger partial charge in [-0.1, -0.05) is 49.4 Å². The molecule has 0 aliphatic rings. The quantitative estimate of drug-likeness (QED) is 0.553. The second-order valence-corrected chi connectivity index (χ2v) is 7.37. The summed E-state index contributed by atoms with van der Waals surface area (Å²) >= 11 is 1.60. The standard InChI is InChI=1S/C21H20N4OS/c1-2-18-16(12-23-25(18)14-15-8-4-3-5-9-15)21(26)22-13-20-24-17-10-6-7-11-19(17)27-20/h3-12H,2,13-14H2,1H3,(H,22,26). The summed E-state index contributed by atoms with van der Waals surface area (Å²) in [5.74, 6) is -0.106. The molecule has 0 spiro atoms. The summed E-state index contributed by atoms with van der Waals surface area (Å²) in [6.07, 6.45) is 2.41. The second-order valence-electron chi connectivity index (χ2n) is 6.26. The Hall–Kier alpha value is -2.99. The summed E-state index contributed by atoms with van der Waals surface area (Å²) in [5.41, 5.74) is 3.71. The van der Waals surface area contributed by atoms with Gasteiger partial charge in [0.25, 0.3) is 5.91 Å². The zero-order valence-electron chi connectivity index (χ0n) is 15.1. The fraction of sp³-hybridized carbons (Fsp3) is 0.190. The normalized spacial score (nSPS) is 11.0. The molecule has 1 N–H and O–H groups in total. The molecule has 0 aliphatic carbocycles. The van der Waals surface area contributed by atoms with Crippen LogP contribution in [0.25, 0.3) is 10.2 Å². The number of fused-ring (bicyclic) bond motifs is 1. The Kier molecular flexibility index (Phi) is 4.98. The highest BCUT2D eigenvalue weighted by Crippen LogP contribution is 2.21. The molecule has 0 saturated carbocycles. The van der Waals surface area contributed by atoms with Gasteiger partial charge >= 0.3 is 0 Å². The molecule has 0 fully saturated rings. The predicted molar refractivity (Wildman–Crippen MR) is 108 cm³/mol. The van der Waals surface area contributed by atoms with Crippen molar-refractivity contribution >= 4 is 27.5 Å². The highest BCUT2D eigenvalue weighted by atomic mass is 32.1. The van der Waals surface area contributed by atoms with E-state index in [0.29, 0.717) is 18.7 Å². The van der Waals surface area contributed by atoms with Crippen LogP contribution in [-0.2, 0) is 19.5 Å². The maximum atomic E-state index is 12.7. The second kappa shape index (κ2) is 7.72. The van der Waals surface area contributed by atoms with Crippen LogP contribution in [0.2, 0.25) is 0 Å². The number of rotatable bonds is 6. The zero-order chi connectivity index (χ0) is 18.6. The van der Waals surface area contributed by atoms with Crippen LogP contribution < -0.4 is 5.32 Å². The van der Waals surface area contributed by atoms with Gasteiger partial charge in [-0.25, -0.2) is 4.98 Å². The van der Waals surface area contributed by atoms with Gasteiger partial charge in [-0.2, -0.15) is 5.10 Å². The van der Waals surface area contributed by atoms with Crippen molar-refractivity contribution in [3.8, 4) is 0 Å². The van der Waals surface area contributed by atoms with E-state index < -0.39 is 0 Å². The molecule has 0 saturated heterocycles. The number of thiazole rings is 1. The molecular weight excluding hydrogens is 356 g/mol. The van der Waals surface area contributed by atoms with Crippen molar-refractivity contribution in [3.63, 3.8) is 0 Å². The van der Waals surface area contributed by atoms with Crippen LogP contribution in [0.4, 0.5) is 0 Å². The summed E-state index contributed by atoms with van der Waals surface area (Å²) in [6, 6.07) is 18.1. The van der Waals surface area contributed by atoms with Gasteiger partial charge in [0.1, 0.15) is 5.01 Å². The number of nitrogens with one attached hydrogen (secondary N) is 1. The van der Waals surface area contributed by atoms with Gasteiger partial charge in [-0.05, 0) is 24.1 Å². The molecule has 136 valence electrons. The molecule has 0 atom stereocenters. The van der Waals surface area contributed by atoms with E-state index in [0.717, 1.165) is 32.9 Å². The summed E-state index contributed by atoms with van der Waals surface area (Å²) in [6.45, 7) is 3.13. The Morgan fingerprint density at radius 3 is 2.67 bits per heavy atom. The zero-order valence-corrected chi connectivity index (χ0v) is 15.9. The lowest BCUT2D eigenvalue weighted by molar-refractivity contribution is 0.0950. The average Bonchev–Trinajstić information content (AvgIpc) is 3.30. The third kappa shape index (κ3) is 3.75. The number of para-hydroxylation sites is 1. The SMILES string of the molecule is CCc1c(C(=O)NCc2nc3ccccc3s2)cnn1Cc1ccccc1. The first-order chi connectivity index (χ1) is 13.2. The Balaban J connectivity index is 1.48. The molecule has 27 heavy (non-hydrogen) atoms. The Morgan fingerprint density at radius 1 is 1.11 bits per heavy atom. The van der Waals surface area contributed by atoms with Crippen molar-refractivity contribution in [1.82, 2.24) is 20.1 Å². The number of aromatic nitrogens is 3. The molecule has 5 nitrogen and oxygen atoms in total. The lowest BCUT2D eigenvalue weighted by atomic mass is 10.1. The Bertz CT molecular complexity index is 1040. The van der Waals surface area contributed by atoms with Crippen LogP contribution in [-0.4, -0.2) is 20.7 Å². The van der Waals surface area contributed by atoms with Crippen LogP contribution in [0.3, 0.4) is 0 Å². The van der Waals surface area contributed by atoms with E-state index in [1.807, 2.05) is 54.1 Å². The smallest absolute Gasteiger partial charge is 0.255 e. The molecule has 0 bridgehead atoms. The third-order valence-electron chi connectivity index (χ3n) is 4.44. The van der Waals surface area contributed by atoms with Crippen LogP contribution in [0.1, 0.15) is 33.5 Å². The maximum Gasteiger partial charge on any atom is 0.255 e. The van der Waals surface area contributed by atoms with E-state index >= 15 is 0 Å². The fourth-order valence-electron chi connectivity index (χ4n) is 3.11. The molecule has 0 aliphatic heterocycles. The third-order valence-corrected chi connectivity index (χ3v) is 5.48. The number of nitrogens with zero attached hydrogens (tertiary/aromatic N) is 3. The van der Waals surface area contributed by atoms with Gasteiger partial charge in [-0.15, -0.1) is 11.3 Å². The topological polar surface area (TPSA) is 59.8 Å². The van der Waals surface area contributed by atoms with Crippen LogP contribution in [0.15, 0.2) is 60.8 Å². The van der Waals surface area contributed by atoms with Gasteiger partial charge in [0, 0.05) is 0 Å². The van der Waals surface area contributed by atoms with Crippen molar-refractivity contribution in [2.75, 3.05) is 0 Å². The van der Waals surface area contributed by atoms with E-state index in [4.69, 9.17) is 0 Å². The van der Waals surface area contributed by atoms with Gasteiger partial charge in [0.15, 0.2) is 0 Å². The molecule has 1 amide bonds. The summed E-state index contributed by atoms with van der Waals surface area (Å²) in [5, 5.41) is 8.32. The van der Waals surface area contributed by atoms with Crippen LogP contribution in [0.5, 0.6) is 0 Å². The summed E-state index contributed by atoms with van der Waals surface area (Å²) in [7, 11) is 0. The van der Waals surface area contributed by atoms with Crippen LogP contribution >= 0.6 is 11.3 Å². The minimum atomic E-state index is -0.106. The van der Waals surface area contributed by atoms with Crippen molar-refractivity contribution < 1.29 is 4.79 Å². The van der Waals surface area contributed by atoms with Gasteiger partial charge in [-0.3, -0.25) is 9.48 Å². The number of amides is 1. The number of hydrogen-bond donors (Lipinski definition) is 1. The first-order valence-electron chi connectivity index (χ1n) is 8.96. The van der Waals surface area contributed by atoms with E-state index in [2.05, 4.69) is 27.5 Å². The monoisotopic (exact) mass is 376 g/mol. The lowest BCUT2D eigenvalue weighted by Gasteiger charge is -2.08. The fourth-order valence-corrected chi connectivity index (χ4v) is 4.02. The average molecular weight is 376 g/mol.